The van der Waals surface area contributed by atoms with Crippen molar-refractivity contribution in [1.82, 2.24) is 0 Å². The van der Waals surface area contributed by atoms with Crippen LogP contribution in [0.25, 0.3) is 0 Å². The van der Waals surface area contributed by atoms with Crippen molar-refractivity contribution >= 4 is 5.97 Å². The highest BCUT2D eigenvalue weighted by Gasteiger charge is 2.45. The van der Waals surface area contributed by atoms with E-state index in [0.29, 0.717) is 13.0 Å². The van der Waals surface area contributed by atoms with E-state index in [4.69, 9.17) is 14.2 Å². The zero-order valence-corrected chi connectivity index (χ0v) is 20.1. The molecule has 6 atom stereocenters. The Hall–Kier alpha value is -0.910. The van der Waals surface area contributed by atoms with E-state index in [2.05, 4.69) is 19.1 Å². The molecule has 5 nitrogen and oxygen atoms in total. The summed E-state index contributed by atoms with van der Waals surface area (Å²) in [6.07, 6.45) is 16.3. The fraction of sp³-hybridized carbons (Fsp3) is 0.885. The van der Waals surface area contributed by atoms with Crippen LogP contribution in [0.15, 0.2) is 12.2 Å². The quantitative estimate of drug-likeness (QED) is 0.167. The van der Waals surface area contributed by atoms with Crippen molar-refractivity contribution < 1.29 is 24.1 Å². The lowest BCUT2D eigenvalue weighted by Gasteiger charge is -2.28. The molecule has 0 aromatic heterocycles. The summed E-state index contributed by atoms with van der Waals surface area (Å²) in [6, 6.07) is 0. The molecule has 0 spiro atoms. The molecule has 0 bridgehead atoms. The smallest absolute Gasteiger partial charge is 0.306 e. The molecule has 2 aliphatic rings. The van der Waals surface area contributed by atoms with Gasteiger partial charge in [0.2, 0.25) is 0 Å². The van der Waals surface area contributed by atoms with Crippen LogP contribution < -0.4 is 0 Å². The molecule has 1 heterocycles. The number of hydrogen-bond acceptors (Lipinski definition) is 5. The van der Waals surface area contributed by atoms with Crippen LogP contribution in [0.3, 0.4) is 0 Å². The molecule has 1 N–H and O–H groups in total. The van der Waals surface area contributed by atoms with Crippen LogP contribution in [0.2, 0.25) is 0 Å². The van der Waals surface area contributed by atoms with E-state index >= 15 is 0 Å². The summed E-state index contributed by atoms with van der Waals surface area (Å²) in [5.41, 5.74) is 0. The largest absolute Gasteiger partial charge is 0.462 e. The molecule has 180 valence electrons. The van der Waals surface area contributed by atoms with E-state index < -0.39 is 0 Å². The van der Waals surface area contributed by atoms with Crippen LogP contribution in [0, 0.1) is 11.8 Å². The van der Waals surface area contributed by atoms with Gasteiger partial charge in [-0.2, -0.15) is 0 Å². The minimum Gasteiger partial charge on any atom is -0.462 e. The summed E-state index contributed by atoms with van der Waals surface area (Å²) in [6.45, 7) is 6.74. The van der Waals surface area contributed by atoms with Crippen LogP contribution in [-0.4, -0.2) is 42.3 Å². The highest BCUT2D eigenvalue weighted by molar-refractivity contribution is 5.69. The molecule has 0 radical (unpaired) electrons. The number of ether oxygens (including phenoxy) is 3. The number of carbonyl (C=O) groups is 1. The van der Waals surface area contributed by atoms with Crippen LogP contribution >= 0.6 is 0 Å². The number of unbranched alkanes of at least 4 members (excludes halogenated alkanes) is 4. The number of aliphatic hydroxyl groups is 1. The Balaban J connectivity index is 1.98. The van der Waals surface area contributed by atoms with Gasteiger partial charge in [0.25, 0.3) is 0 Å². The van der Waals surface area contributed by atoms with Crippen molar-refractivity contribution in [3.8, 4) is 0 Å². The molecule has 0 amide bonds. The zero-order valence-electron chi connectivity index (χ0n) is 20.1. The van der Waals surface area contributed by atoms with Crippen LogP contribution in [-0.2, 0) is 19.0 Å². The molecule has 1 saturated carbocycles. The number of aliphatic hydroxyl groups excluding tert-OH is 1. The molecule has 31 heavy (non-hydrogen) atoms. The first-order valence-electron chi connectivity index (χ1n) is 12.8. The Morgan fingerprint density at radius 2 is 1.97 bits per heavy atom. The van der Waals surface area contributed by atoms with E-state index in [1.165, 1.54) is 25.7 Å². The Labute approximate surface area is 189 Å². The van der Waals surface area contributed by atoms with E-state index in [0.717, 1.165) is 51.4 Å². The van der Waals surface area contributed by atoms with E-state index in [1.807, 2.05) is 13.8 Å². The van der Waals surface area contributed by atoms with Crippen molar-refractivity contribution in [3.05, 3.63) is 12.2 Å². The van der Waals surface area contributed by atoms with E-state index in [9.17, 15) is 9.90 Å². The first-order chi connectivity index (χ1) is 15.0. The maximum absolute atomic E-state index is 12.3. The molecule has 2 rings (SSSR count). The Morgan fingerprint density at radius 1 is 1.16 bits per heavy atom. The third kappa shape index (κ3) is 9.63. The highest BCUT2D eigenvalue weighted by atomic mass is 16.7. The summed E-state index contributed by atoms with van der Waals surface area (Å²) >= 11 is 0. The minimum absolute atomic E-state index is 0.00439. The Morgan fingerprint density at radius 3 is 2.74 bits per heavy atom. The van der Waals surface area contributed by atoms with Gasteiger partial charge in [-0.1, -0.05) is 51.2 Å². The SMILES string of the molecule is CCCCCCC[C@H](O)CC[C@@H]1C2C/C=C\CCCC(=O)OC2C[C@H]1OC(C)OCC. The van der Waals surface area contributed by atoms with Gasteiger partial charge in [-0.05, 0) is 58.3 Å². The maximum Gasteiger partial charge on any atom is 0.306 e. The van der Waals surface area contributed by atoms with Gasteiger partial charge in [-0.3, -0.25) is 4.79 Å². The Kier molecular flexibility index (Phi) is 12.8. The van der Waals surface area contributed by atoms with Crippen LogP contribution in [0.4, 0.5) is 0 Å². The average Bonchev–Trinajstić information content (AvgIpc) is 3.04. The maximum atomic E-state index is 12.3. The molecule has 1 fully saturated rings. The second kappa shape index (κ2) is 15.0. The fourth-order valence-electron chi connectivity index (χ4n) is 5.14. The molecule has 5 heteroatoms. The molecule has 0 saturated heterocycles. The highest BCUT2D eigenvalue weighted by Crippen LogP contribution is 2.42. The number of allylic oxidation sites excluding steroid dienone is 2. The van der Waals surface area contributed by atoms with Crippen LogP contribution in [0.5, 0.6) is 0 Å². The third-order valence-corrected chi connectivity index (χ3v) is 6.82. The molecular formula is C26H46O5. The summed E-state index contributed by atoms with van der Waals surface area (Å²) < 4.78 is 17.8. The molecule has 1 aliphatic heterocycles. The monoisotopic (exact) mass is 438 g/mol. The zero-order chi connectivity index (χ0) is 22.5. The number of carbonyl (C=O) groups excluding carboxylic acids is 1. The first-order valence-corrected chi connectivity index (χ1v) is 12.8. The van der Waals surface area contributed by atoms with Crippen molar-refractivity contribution in [2.45, 2.75) is 129 Å². The van der Waals surface area contributed by atoms with E-state index in [1.54, 1.807) is 0 Å². The summed E-state index contributed by atoms with van der Waals surface area (Å²) in [7, 11) is 0. The van der Waals surface area contributed by atoms with Crippen molar-refractivity contribution in [2.24, 2.45) is 11.8 Å². The van der Waals surface area contributed by atoms with Gasteiger partial charge in [0.05, 0.1) is 12.2 Å². The number of esters is 1. The Bertz CT molecular complexity index is 520. The second-order valence-electron chi connectivity index (χ2n) is 9.32. The summed E-state index contributed by atoms with van der Waals surface area (Å²) in [5, 5.41) is 10.6. The number of hydrogen-bond donors (Lipinski definition) is 1. The van der Waals surface area contributed by atoms with Gasteiger partial charge < -0.3 is 19.3 Å². The lowest BCUT2D eigenvalue weighted by Crippen LogP contribution is -2.29. The van der Waals surface area contributed by atoms with Crippen molar-refractivity contribution in [3.63, 3.8) is 0 Å². The lowest BCUT2D eigenvalue weighted by molar-refractivity contribution is -0.168. The fourth-order valence-corrected chi connectivity index (χ4v) is 5.14. The van der Waals surface area contributed by atoms with Gasteiger partial charge in [-0.25, -0.2) is 0 Å². The molecule has 0 aromatic carbocycles. The standard InChI is InChI=1S/C26H46O5/c1-4-6-7-8-11-14-21(27)17-18-23-22-15-12-9-10-13-16-26(28)31-25(22)19-24(23)30-20(3)29-5-2/h9,12,20-25,27H,4-8,10-11,13-19H2,1-3H3/b12-9-/t20?,21-,22?,23+,24+,25?/m0/s1. The molecule has 0 aromatic rings. The lowest BCUT2D eigenvalue weighted by atomic mass is 9.85. The van der Waals surface area contributed by atoms with Gasteiger partial charge in [0.1, 0.15) is 6.10 Å². The van der Waals surface area contributed by atoms with Gasteiger partial charge in [-0.15, -0.1) is 0 Å². The molecule has 3 unspecified atom stereocenters. The summed E-state index contributed by atoms with van der Waals surface area (Å²) in [5.74, 6) is 0.420. The molecular weight excluding hydrogens is 392 g/mol. The predicted molar refractivity (Wildman–Crippen MR) is 124 cm³/mol. The molecule has 1 aliphatic carbocycles. The topological polar surface area (TPSA) is 65.0 Å². The van der Waals surface area contributed by atoms with Crippen LogP contribution in [0.1, 0.15) is 104 Å². The first kappa shape index (κ1) is 26.3. The number of fused-ring (bicyclic) bond motifs is 1. The van der Waals surface area contributed by atoms with Crippen molar-refractivity contribution in [1.29, 1.82) is 0 Å². The van der Waals surface area contributed by atoms with Gasteiger partial charge in [0.15, 0.2) is 6.29 Å². The number of rotatable bonds is 13. The third-order valence-electron chi connectivity index (χ3n) is 6.82. The van der Waals surface area contributed by atoms with E-state index in [-0.39, 0.29) is 42.4 Å². The normalized spacial score (nSPS) is 29.7. The van der Waals surface area contributed by atoms with Gasteiger partial charge >= 0.3 is 5.97 Å². The average molecular weight is 439 g/mol. The van der Waals surface area contributed by atoms with Gasteiger partial charge in [0, 0.05) is 25.4 Å². The predicted octanol–water partition coefficient (Wildman–Crippen LogP) is 5.93. The minimum atomic E-state index is -0.276. The second-order valence-corrected chi connectivity index (χ2v) is 9.32. The summed E-state index contributed by atoms with van der Waals surface area (Å²) in [4.78, 5) is 12.3. The van der Waals surface area contributed by atoms with Crippen molar-refractivity contribution in [2.75, 3.05) is 6.61 Å².